The lowest BCUT2D eigenvalue weighted by Gasteiger charge is -2.36. The standard InChI is InChI=1S/C12H22N4O/c1-8-5-4-6-12(7-8,17-3)11-14-10(9(2)13)15-16-11/h8-9H,4-7,13H2,1-3H3,(H,14,15,16). The molecule has 1 aliphatic rings. The van der Waals surface area contributed by atoms with E-state index in [2.05, 4.69) is 22.1 Å². The van der Waals surface area contributed by atoms with Gasteiger partial charge in [0.15, 0.2) is 5.82 Å². The van der Waals surface area contributed by atoms with Crippen LogP contribution in [0.15, 0.2) is 0 Å². The van der Waals surface area contributed by atoms with Crippen molar-refractivity contribution >= 4 is 0 Å². The molecule has 0 saturated heterocycles. The van der Waals surface area contributed by atoms with Gasteiger partial charge in [-0.25, -0.2) is 4.98 Å². The molecular weight excluding hydrogens is 216 g/mol. The van der Waals surface area contributed by atoms with Crippen LogP contribution in [-0.2, 0) is 10.3 Å². The van der Waals surface area contributed by atoms with E-state index in [1.807, 2.05) is 6.92 Å². The van der Waals surface area contributed by atoms with Gasteiger partial charge in [0.05, 0.1) is 6.04 Å². The summed E-state index contributed by atoms with van der Waals surface area (Å²) >= 11 is 0. The van der Waals surface area contributed by atoms with Gasteiger partial charge < -0.3 is 10.5 Å². The van der Waals surface area contributed by atoms with Gasteiger partial charge in [-0.1, -0.05) is 13.3 Å². The number of H-pyrrole nitrogens is 1. The highest BCUT2D eigenvalue weighted by Gasteiger charge is 2.40. The molecule has 0 radical (unpaired) electrons. The largest absolute Gasteiger partial charge is 0.370 e. The van der Waals surface area contributed by atoms with E-state index < -0.39 is 0 Å². The molecule has 5 nitrogen and oxygen atoms in total. The highest BCUT2D eigenvalue weighted by Crippen LogP contribution is 2.41. The lowest BCUT2D eigenvalue weighted by atomic mass is 9.78. The van der Waals surface area contributed by atoms with Crippen LogP contribution in [0.25, 0.3) is 0 Å². The number of aromatic nitrogens is 3. The molecule has 5 heteroatoms. The summed E-state index contributed by atoms with van der Waals surface area (Å²) < 4.78 is 5.74. The summed E-state index contributed by atoms with van der Waals surface area (Å²) in [4.78, 5) is 4.49. The first-order valence-corrected chi connectivity index (χ1v) is 6.31. The first kappa shape index (κ1) is 12.5. The average Bonchev–Trinajstić information content (AvgIpc) is 2.78. The molecule has 0 spiro atoms. The first-order valence-electron chi connectivity index (χ1n) is 6.31. The highest BCUT2D eigenvalue weighted by molar-refractivity contribution is 5.06. The van der Waals surface area contributed by atoms with E-state index in [4.69, 9.17) is 10.5 Å². The lowest BCUT2D eigenvalue weighted by Crippen LogP contribution is -2.35. The van der Waals surface area contributed by atoms with E-state index >= 15 is 0 Å². The molecule has 0 aromatic carbocycles. The molecule has 1 aromatic heterocycles. The lowest BCUT2D eigenvalue weighted by molar-refractivity contribution is -0.0644. The number of hydrogen-bond acceptors (Lipinski definition) is 4. The van der Waals surface area contributed by atoms with E-state index in [9.17, 15) is 0 Å². The number of methoxy groups -OCH3 is 1. The van der Waals surface area contributed by atoms with Crippen molar-refractivity contribution in [2.75, 3.05) is 7.11 Å². The van der Waals surface area contributed by atoms with Crippen LogP contribution in [0.4, 0.5) is 0 Å². The maximum Gasteiger partial charge on any atom is 0.182 e. The van der Waals surface area contributed by atoms with Gasteiger partial charge in [-0.15, -0.1) is 0 Å². The maximum absolute atomic E-state index is 5.79. The number of hydrogen-bond donors (Lipinski definition) is 2. The Morgan fingerprint density at radius 2 is 2.35 bits per heavy atom. The molecule has 0 bridgehead atoms. The van der Waals surface area contributed by atoms with E-state index in [-0.39, 0.29) is 11.6 Å². The molecule has 1 fully saturated rings. The third-order valence-corrected chi connectivity index (χ3v) is 3.69. The molecule has 17 heavy (non-hydrogen) atoms. The highest BCUT2D eigenvalue weighted by atomic mass is 16.5. The number of nitrogens with one attached hydrogen (secondary N) is 1. The molecule has 1 saturated carbocycles. The van der Waals surface area contributed by atoms with Crippen molar-refractivity contribution < 1.29 is 4.74 Å². The normalized spacial score (nSPS) is 31.4. The zero-order valence-corrected chi connectivity index (χ0v) is 10.9. The van der Waals surface area contributed by atoms with Crippen LogP contribution in [0.3, 0.4) is 0 Å². The quantitative estimate of drug-likeness (QED) is 0.843. The van der Waals surface area contributed by atoms with Gasteiger partial charge in [0.1, 0.15) is 11.4 Å². The first-order chi connectivity index (χ1) is 8.07. The molecule has 2 rings (SSSR count). The molecule has 3 unspecified atom stereocenters. The van der Waals surface area contributed by atoms with Gasteiger partial charge in [-0.05, 0) is 32.1 Å². The Bertz CT molecular complexity index is 376. The molecule has 1 aromatic rings. The zero-order valence-electron chi connectivity index (χ0n) is 10.9. The Labute approximate surface area is 102 Å². The van der Waals surface area contributed by atoms with Crippen LogP contribution < -0.4 is 5.73 Å². The van der Waals surface area contributed by atoms with Crippen LogP contribution in [0.2, 0.25) is 0 Å². The Morgan fingerprint density at radius 1 is 1.59 bits per heavy atom. The number of ether oxygens (including phenoxy) is 1. The minimum atomic E-state index is -0.318. The zero-order chi connectivity index (χ0) is 12.5. The second-order valence-electron chi connectivity index (χ2n) is 5.23. The smallest absolute Gasteiger partial charge is 0.182 e. The minimum absolute atomic E-state index is 0.119. The van der Waals surface area contributed by atoms with Gasteiger partial charge >= 0.3 is 0 Å². The maximum atomic E-state index is 5.79. The number of nitrogens with zero attached hydrogens (tertiary/aromatic N) is 2. The summed E-state index contributed by atoms with van der Waals surface area (Å²) in [5.41, 5.74) is 5.48. The van der Waals surface area contributed by atoms with E-state index in [0.29, 0.717) is 5.92 Å². The molecule has 0 aliphatic heterocycles. The fraction of sp³-hybridized carbons (Fsp3) is 0.833. The third kappa shape index (κ3) is 2.35. The Morgan fingerprint density at radius 3 is 2.88 bits per heavy atom. The van der Waals surface area contributed by atoms with Crippen LogP contribution in [0, 0.1) is 5.92 Å². The van der Waals surface area contributed by atoms with Gasteiger partial charge in [0.2, 0.25) is 0 Å². The van der Waals surface area contributed by atoms with E-state index in [1.165, 1.54) is 6.42 Å². The molecule has 0 amide bonds. The fourth-order valence-electron chi connectivity index (χ4n) is 2.66. The van der Waals surface area contributed by atoms with Crippen molar-refractivity contribution in [2.24, 2.45) is 11.7 Å². The summed E-state index contributed by atoms with van der Waals surface area (Å²) in [5, 5.41) is 7.21. The topological polar surface area (TPSA) is 76.8 Å². The number of aromatic amines is 1. The van der Waals surface area contributed by atoms with Crippen LogP contribution >= 0.6 is 0 Å². The monoisotopic (exact) mass is 238 g/mol. The molecular formula is C12H22N4O. The molecule has 96 valence electrons. The van der Waals surface area contributed by atoms with Crippen molar-refractivity contribution in [1.29, 1.82) is 0 Å². The SMILES string of the molecule is COC1(c2n[nH]c(C(C)N)n2)CCCC(C)C1. The van der Waals surface area contributed by atoms with Crippen molar-refractivity contribution in [3.63, 3.8) is 0 Å². The summed E-state index contributed by atoms with van der Waals surface area (Å²) in [7, 11) is 1.75. The summed E-state index contributed by atoms with van der Waals surface area (Å²) in [5.74, 6) is 2.15. The van der Waals surface area contributed by atoms with Crippen LogP contribution in [0.1, 0.15) is 57.2 Å². The van der Waals surface area contributed by atoms with Gasteiger partial charge in [0, 0.05) is 7.11 Å². The summed E-state index contributed by atoms with van der Waals surface area (Å²) in [6.45, 7) is 4.15. The Hall–Kier alpha value is -0.940. The predicted octanol–water partition coefficient (Wildman–Crippen LogP) is 1.88. The summed E-state index contributed by atoms with van der Waals surface area (Å²) in [6.07, 6.45) is 4.40. The average molecular weight is 238 g/mol. The number of nitrogens with two attached hydrogens (primary N) is 1. The second-order valence-corrected chi connectivity index (χ2v) is 5.23. The van der Waals surface area contributed by atoms with Gasteiger partial charge in [-0.3, -0.25) is 5.10 Å². The van der Waals surface area contributed by atoms with Crippen molar-refractivity contribution in [3.05, 3.63) is 11.6 Å². The molecule has 3 N–H and O–H groups in total. The van der Waals surface area contributed by atoms with Crippen molar-refractivity contribution in [1.82, 2.24) is 15.2 Å². The second kappa shape index (κ2) is 4.74. The number of rotatable bonds is 3. The summed E-state index contributed by atoms with van der Waals surface area (Å²) in [6, 6.07) is -0.119. The van der Waals surface area contributed by atoms with Gasteiger partial charge in [0.25, 0.3) is 0 Å². The van der Waals surface area contributed by atoms with Crippen molar-refractivity contribution in [3.8, 4) is 0 Å². The van der Waals surface area contributed by atoms with Crippen molar-refractivity contribution in [2.45, 2.75) is 51.2 Å². The third-order valence-electron chi connectivity index (χ3n) is 3.69. The molecule has 1 aliphatic carbocycles. The van der Waals surface area contributed by atoms with E-state index in [0.717, 1.165) is 30.9 Å². The van der Waals surface area contributed by atoms with Gasteiger partial charge in [-0.2, -0.15) is 5.10 Å². The van der Waals surface area contributed by atoms with Crippen LogP contribution in [-0.4, -0.2) is 22.3 Å². The van der Waals surface area contributed by atoms with Crippen LogP contribution in [0.5, 0.6) is 0 Å². The Balaban J connectivity index is 2.26. The fourth-order valence-corrected chi connectivity index (χ4v) is 2.66. The predicted molar refractivity (Wildman–Crippen MR) is 65.3 cm³/mol. The molecule has 3 atom stereocenters. The Kier molecular flexibility index (Phi) is 3.49. The molecule has 1 heterocycles. The van der Waals surface area contributed by atoms with E-state index in [1.54, 1.807) is 7.11 Å². The minimum Gasteiger partial charge on any atom is -0.370 e.